The van der Waals surface area contributed by atoms with Crippen molar-refractivity contribution >= 4 is 23.4 Å². The van der Waals surface area contributed by atoms with Crippen LogP contribution >= 0.6 is 11.6 Å². The Morgan fingerprint density at radius 1 is 1.22 bits per heavy atom. The van der Waals surface area contributed by atoms with Gasteiger partial charge in [0.1, 0.15) is 0 Å². The number of piperazine rings is 1. The highest BCUT2D eigenvalue weighted by atomic mass is 35.5. The fraction of sp³-hybridized carbons (Fsp3) is 0.529. The number of carbonyl (C=O) groups excluding carboxylic acids is 2. The van der Waals surface area contributed by atoms with E-state index in [9.17, 15) is 9.59 Å². The van der Waals surface area contributed by atoms with Gasteiger partial charge in [-0.3, -0.25) is 4.79 Å². The molecule has 0 radical (unpaired) electrons. The number of Topliss-reactive ketones (excluding diaryl/α,β-unsaturated/α-hetero) is 1. The molecule has 1 aliphatic rings. The number of benzene rings is 1. The maximum Gasteiger partial charge on any atom is 0.331 e. The summed E-state index contributed by atoms with van der Waals surface area (Å²) in [5.74, 6) is -0.0322. The monoisotopic (exact) mass is 338 g/mol. The summed E-state index contributed by atoms with van der Waals surface area (Å²) >= 11 is 5.74. The number of alkyl halides is 1. The predicted octanol–water partition coefficient (Wildman–Crippen LogP) is 2.39. The molecule has 1 aromatic rings. The first-order valence-corrected chi connectivity index (χ1v) is 8.32. The van der Waals surface area contributed by atoms with Crippen molar-refractivity contribution in [1.82, 2.24) is 10.4 Å². The van der Waals surface area contributed by atoms with Crippen LogP contribution in [0.25, 0.3) is 0 Å². The van der Waals surface area contributed by atoms with Gasteiger partial charge in [-0.2, -0.15) is 0 Å². The standard InChI is InChI=1S/C17H23ClN2O3/c1-17(2,16(22)23-20-9-7-19-8-10-20)11-15(21)14-5-3-13(12-18)4-6-14/h3-6,19H,7-12H2,1-2H3. The number of nitrogens with one attached hydrogen (secondary N) is 1. The van der Waals surface area contributed by atoms with Gasteiger partial charge in [0.2, 0.25) is 0 Å². The van der Waals surface area contributed by atoms with Gasteiger partial charge in [0.25, 0.3) is 0 Å². The number of carbonyl (C=O) groups is 2. The molecule has 1 fully saturated rings. The zero-order chi connectivity index (χ0) is 16.9. The van der Waals surface area contributed by atoms with Crippen LogP contribution in [0.4, 0.5) is 0 Å². The lowest BCUT2D eigenvalue weighted by Gasteiger charge is -2.29. The summed E-state index contributed by atoms with van der Waals surface area (Å²) in [6.45, 7) is 6.38. The molecule has 2 rings (SSSR count). The van der Waals surface area contributed by atoms with E-state index < -0.39 is 5.41 Å². The molecule has 0 saturated carbocycles. The molecular formula is C17H23ClN2O3. The van der Waals surface area contributed by atoms with Crippen LogP contribution in [-0.2, 0) is 15.5 Å². The van der Waals surface area contributed by atoms with Crippen molar-refractivity contribution in [3.63, 3.8) is 0 Å². The van der Waals surface area contributed by atoms with Crippen LogP contribution in [0.2, 0.25) is 0 Å². The van der Waals surface area contributed by atoms with Crippen LogP contribution in [0, 0.1) is 5.41 Å². The zero-order valence-corrected chi connectivity index (χ0v) is 14.4. The van der Waals surface area contributed by atoms with Crippen LogP contribution in [0.3, 0.4) is 0 Å². The molecule has 0 amide bonds. The summed E-state index contributed by atoms with van der Waals surface area (Å²) in [4.78, 5) is 30.2. The molecule has 1 saturated heterocycles. The van der Waals surface area contributed by atoms with Gasteiger partial charge in [-0.25, -0.2) is 4.79 Å². The first-order valence-electron chi connectivity index (χ1n) is 7.78. The molecule has 23 heavy (non-hydrogen) atoms. The average molecular weight is 339 g/mol. The number of halogens is 1. The van der Waals surface area contributed by atoms with E-state index in [0.29, 0.717) is 24.5 Å². The van der Waals surface area contributed by atoms with E-state index in [2.05, 4.69) is 5.32 Å². The Hall–Kier alpha value is -1.43. The molecule has 1 N–H and O–H groups in total. The summed E-state index contributed by atoms with van der Waals surface area (Å²) in [5.41, 5.74) is 0.676. The van der Waals surface area contributed by atoms with E-state index in [4.69, 9.17) is 16.4 Å². The first-order chi connectivity index (χ1) is 10.9. The number of hydroxylamine groups is 2. The van der Waals surface area contributed by atoms with E-state index in [-0.39, 0.29) is 18.2 Å². The third kappa shape index (κ3) is 5.03. The Morgan fingerprint density at radius 2 is 1.83 bits per heavy atom. The minimum Gasteiger partial charge on any atom is -0.367 e. The topological polar surface area (TPSA) is 58.6 Å². The quantitative estimate of drug-likeness (QED) is 0.637. The summed E-state index contributed by atoms with van der Waals surface area (Å²) < 4.78 is 0. The molecular weight excluding hydrogens is 316 g/mol. The van der Waals surface area contributed by atoms with Gasteiger partial charge in [-0.05, 0) is 19.4 Å². The highest BCUT2D eigenvalue weighted by Crippen LogP contribution is 2.25. The molecule has 126 valence electrons. The highest BCUT2D eigenvalue weighted by Gasteiger charge is 2.34. The first kappa shape index (κ1) is 17.9. The molecule has 0 unspecified atom stereocenters. The maximum absolute atomic E-state index is 12.4. The SMILES string of the molecule is CC(C)(CC(=O)c1ccc(CCl)cc1)C(=O)ON1CCNCC1. The lowest BCUT2D eigenvalue weighted by molar-refractivity contribution is -0.203. The van der Waals surface area contributed by atoms with Crippen LogP contribution in [0.15, 0.2) is 24.3 Å². The largest absolute Gasteiger partial charge is 0.367 e. The number of hydrogen-bond acceptors (Lipinski definition) is 5. The molecule has 0 atom stereocenters. The number of ketones is 1. The van der Waals surface area contributed by atoms with Crippen LogP contribution in [0.5, 0.6) is 0 Å². The molecule has 5 nitrogen and oxygen atoms in total. The van der Waals surface area contributed by atoms with Gasteiger partial charge in [0, 0.05) is 44.0 Å². The third-order valence-electron chi connectivity index (χ3n) is 3.87. The van der Waals surface area contributed by atoms with Gasteiger partial charge >= 0.3 is 5.97 Å². The van der Waals surface area contributed by atoms with Crippen molar-refractivity contribution in [2.75, 3.05) is 26.2 Å². The summed E-state index contributed by atoms with van der Waals surface area (Å²) in [6, 6.07) is 7.15. The molecule has 0 spiro atoms. The highest BCUT2D eigenvalue weighted by molar-refractivity contribution is 6.17. The average Bonchev–Trinajstić information content (AvgIpc) is 2.55. The minimum atomic E-state index is -0.868. The fourth-order valence-electron chi connectivity index (χ4n) is 2.33. The van der Waals surface area contributed by atoms with Gasteiger partial charge in [-0.1, -0.05) is 24.3 Å². The summed E-state index contributed by atoms with van der Waals surface area (Å²) in [7, 11) is 0. The predicted molar refractivity (Wildman–Crippen MR) is 89.3 cm³/mol. The summed E-state index contributed by atoms with van der Waals surface area (Å²) in [6.07, 6.45) is 0.109. The molecule has 1 aromatic carbocycles. The lowest BCUT2D eigenvalue weighted by Crippen LogP contribution is -2.46. The van der Waals surface area contributed by atoms with Crippen LogP contribution in [0.1, 0.15) is 36.2 Å². The van der Waals surface area contributed by atoms with Crippen LogP contribution in [-0.4, -0.2) is 43.0 Å². The normalized spacial score (nSPS) is 16.1. The van der Waals surface area contributed by atoms with Crippen molar-refractivity contribution in [3.8, 4) is 0 Å². The van der Waals surface area contributed by atoms with Crippen molar-refractivity contribution in [2.45, 2.75) is 26.1 Å². The summed E-state index contributed by atoms with van der Waals surface area (Å²) in [5, 5.41) is 4.85. The van der Waals surface area contributed by atoms with E-state index in [0.717, 1.165) is 18.7 Å². The Balaban J connectivity index is 1.94. The molecule has 6 heteroatoms. The van der Waals surface area contributed by atoms with Gasteiger partial charge < -0.3 is 10.2 Å². The molecule has 0 bridgehead atoms. The fourth-order valence-corrected chi connectivity index (χ4v) is 2.51. The smallest absolute Gasteiger partial charge is 0.331 e. The van der Waals surface area contributed by atoms with Crippen LogP contribution < -0.4 is 5.32 Å². The Bertz CT molecular complexity index is 551. The number of nitrogens with zero attached hydrogens (tertiary/aromatic N) is 1. The van der Waals surface area contributed by atoms with Gasteiger partial charge in [0.15, 0.2) is 5.78 Å². The Kier molecular flexibility index (Phi) is 6.16. The molecule has 0 aliphatic carbocycles. The maximum atomic E-state index is 12.4. The zero-order valence-electron chi connectivity index (χ0n) is 13.6. The lowest BCUT2D eigenvalue weighted by atomic mass is 9.85. The Labute approximate surface area is 141 Å². The minimum absolute atomic E-state index is 0.0756. The number of hydrogen-bond donors (Lipinski definition) is 1. The number of rotatable bonds is 6. The van der Waals surface area contributed by atoms with Crippen molar-refractivity contribution in [1.29, 1.82) is 0 Å². The molecule has 1 heterocycles. The van der Waals surface area contributed by atoms with E-state index in [1.54, 1.807) is 31.0 Å². The van der Waals surface area contributed by atoms with Crippen molar-refractivity contribution < 1.29 is 14.4 Å². The van der Waals surface area contributed by atoms with E-state index in [1.807, 2.05) is 12.1 Å². The Morgan fingerprint density at radius 3 is 2.39 bits per heavy atom. The second-order valence-corrected chi connectivity index (χ2v) is 6.64. The third-order valence-corrected chi connectivity index (χ3v) is 4.18. The second-order valence-electron chi connectivity index (χ2n) is 6.37. The van der Waals surface area contributed by atoms with E-state index >= 15 is 0 Å². The molecule has 0 aromatic heterocycles. The van der Waals surface area contributed by atoms with Gasteiger partial charge in [-0.15, -0.1) is 16.7 Å². The second kappa shape index (κ2) is 7.90. The van der Waals surface area contributed by atoms with Gasteiger partial charge in [0.05, 0.1) is 5.41 Å². The van der Waals surface area contributed by atoms with Crippen molar-refractivity contribution in [3.05, 3.63) is 35.4 Å². The van der Waals surface area contributed by atoms with Crippen molar-refractivity contribution in [2.24, 2.45) is 5.41 Å². The van der Waals surface area contributed by atoms with E-state index in [1.165, 1.54) is 0 Å². The molecule has 1 aliphatic heterocycles.